The highest BCUT2D eigenvalue weighted by Crippen LogP contribution is 2.42. The van der Waals surface area contributed by atoms with Gasteiger partial charge in [0.1, 0.15) is 0 Å². The predicted molar refractivity (Wildman–Crippen MR) is 129 cm³/mol. The maximum atomic E-state index is 13.0. The first-order chi connectivity index (χ1) is 15.6. The lowest BCUT2D eigenvalue weighted by atomic mass is 9.74. The molecule has 32 heavy (non-hydrogen) atoms. The maximum Gasteiger partial charge on any atom is 0.321 e. The minimum Gasteiger partial charge on any atom is -0.395 e. The van der Waals surface area contributed by atoms with Gasteiger partial charge in [0.25, 0.3) is 0 Å². The summed E-state index contributed by atoms with van der Waals surface area (Å²) in [7, 11) is 0. The number of carbonyl (C=O) groups excluding carboxylic acids is 1. The Labute approximate surface area is 191 Å². The van der Waals surface area contributed by atoms with Crippen LogP contribution in [0, 0.1) is 17.8 Å². The highest BCUT2D eigenvalue weighted by molar-refractivity contribution is 5.89. The minimum atomic E-state index is -0.0523. The Morgan fingerprint density at radius 3 is 2.50 bits per heavy atom. The Morgan fingerprint density at radius 1 is 1.09 bits per heavy atom. The van der Waals surface area contributed by atoms with Crippen molar-refractivity contribution in [1.82, 2.24) is 9.80 Å². The summed E-state index contributed by atoms with van der Waals surface area (Å²) < 4.78 is 0. The van der Waals surface area contributed by atoms with Crippen molar-refractivity contribution in [3.8, 4) is 11.8 Å². The van der Waals surface area contributed by atoms with Crippen LogP contribution < -0.4 is 5.32 Å². The van der Waals surface area contributed by atoms with Gasteiger partial charge >= 0.3 is 6.03 Å². The molecular formula is C27H33N3O2. The third-order valence-corrected chi connectivity index (χ3v) is 6.48. The van der Waals surface area contributed by atoms with Crippen molar-refractivity contribution < 1.29 is 9.90 Å². The average molecular weight is 432 g/mol. The SMILES string of the molecule is CC(C)C#Cc1ccc([C@H]2[C@H]3CN(C(=O)Nc4ccccc4)CCCCN3[C@H]2CO)cc1. The molecule has 2 fully saturated rings. The zero-order chi connectivity index (χ0) is 22.5. The van der Waals surface area contributed by atoms with Gasteiger partial charge in [-0.15, -0.1) is 0 Å². The normalized spacial score (nSPS) is 23.2. The van der Waals surface area contributed by atoms with E-state index in [1.54, 1.807) is 0 Å². The number of anilines is 1. The molecule has 2 aliphatic rings. The highest BCUT2D eigenvalue weighted by atomic mass is 16.3. The van der Waals surface area contributed by atoms with Crippen molar-refractivity contribution in [1.29, 1.82) is 0 Å². The summed E-state index contributed by atoms with van der Waals surface area (Å²) in [6.07, 6.45) is 2.00. The van der Waals surface area contributed by atoms with Crippen LogP contribution in [0.15, 0.2) is 54.6 Å². The molecule has 2 aromatic rings. The number of para-hydroxylation sites is 1. The Morgan fingerprint density at radius 2 is 1.81 bits per heavy atom. The number of aliphatic hydroxyl groups is 1. The number of urea groups is 1. The van der Waals surface area contributed by atoms with Gasteiger partial charge in [0.05, 0.1) is 6.61 Å². The number of rotatable bonds is 3. The molecule has 0 spiro atoms. The van der Waals surface area contributed by atoms with Crippen LogP contribution in [0.25, 0.3) is 0 Å². The molecule has 3 atom stereocenters. The van der Waals surface area contributed by atoms with E-state index in [2.05, 4.69) is 60.2 Å². The molecule has 2 heterocycles. The van der Waals surface area contributed by atoms with E-state index in [4.69, 9.17) is 0 Å². The third kappa shape index (κ3) is 4.98. The van der Waals surface area contributed by atoms with E-state index in [1.807, 2.05) is 35.2 Å². The molecule has 0 saturated carbocycles. The number of carbonyl (C=O) groups is 1. The zero-order valence-electron chi connectivity index (χ0n) is 19.0. The molecule has 2 N–H and O–H groups in total. The van der Waals surface area contributed by atoms with Gasteiger partial charge in [-0.05, 0) is 49.2 Å². The molecule has 5 nitrogen and oxygen atoms in total. The van der Waals surface area contributed by atoms with Crippen LogP contribution in [0.5, 0.6) is 0 Å². The molecule has 2 aromatic carbocycles. The molecule has 5 heteroatoms. The molecular weight excluding hydrogens is 398 g/mol. The first-order valence-corrected chi connectivity index (χ1v) is 11.7. The lowest BCUT2D eigenvalue weighted by molar-refractivity contribution is -0.0585. The van der Waals surface area contributed by atoms with Crippen LogP contribution in [0.1, 0.15) is 43.7 Å². The van der Waals surface area contributed by atoms with E-state index in [1.165, 1.54) is 5.56 Å². The fourth-order valence-electron chi connectivity index (χ4n) is 4.87. The fraction of sp³-hybridized carbons (Fsp3) is 0.444. The lowest BCUT2D eigenvalue weighted by Crippen LogP contribution is -2.68. The van der Waals surface area contributed by atoms with Crippen molar-refractivity contribution in [2.45, 2.75) is 44.7 Å². The predicted octanol–water partition coefficient (Wildman–Crippen LogP) is 4.15. The van der Waals surface area contributed by atoms with Gasteiger partial charge in [0.2, 0.25) is 0 Å². The van der Waals surface area contributed by atoms with Gasteiger partial charge in [0, 0.05) is 48.3 Å². The summed E-state index contributed by atoms with van der Waals surface area (Å²) in [6.45, 7) is 6.69. The Bertz CT molecular complexity index is 962. The zero-order valence-corrected chi connectivity index (χ0v) is 19.0. The molecule has 2 aliphatic heterocycles. The molecule has 0 unspecified atom stereocenters. The van der Waals surface area contributed by atoms with Gasteiger partial charge in [-0.1, -0.05) is 56.0 Å². The van der Waals surface area contributed by atoms with Crippen molar-refractivity contribution >= 4 is 11.7 Å². The Kier molecular flexibility index (Phi) is 7.14. The topological polar surface area (TPSA) is 55.8 Å². The second kappa shape index (κ2) is 10.2. The number of aliphatic hydroxyl groups excluding tert-OH is 1. The molecule has 4 rings (SSSR count). The standard InChI is InChI=1S/C27H33N3O2/c1-20(2)10-11-21-12-14-22(15-13-21)26-24-18-29(16-6-7-17-30(24)25(26)19-31)27(32)28-23-8-4-3-5-9-23/h3-5,8-9,12-15,20,24-26,31H,6-7,16-19H2,1-2H3,(H,28,32)/t24-,25+,26+/m1/s1. The van der Waals surface area contributed by atoms with E-state index >= 15 is 0 Å². The average Bonchev–Trinajstić information content (AvgIpc) is 2.78. The monoisotopic (exact) mass is 431 g/mol. The van der Waals surface area contributed by atoms with Gasteiger partial charge in [-0.2, -0.15) is 0 Å². The van der Waals surface area contributed by atoms with E-state index in [0.29, 0.717) is 12.5 Å². The number of fused-ring (bicyclic) bond motifs is 1. The van der Waals surface area contributed by atoms with Crippen LogP contribution in [0.4, 0.5) is 10.5 Å². The number of hydrogen-bond donors (Lipinski definition) is 2. The number of amides is 2. The van der Waals surface area contributed by atoms with Crippen LogP contribution in [-0.4, -0.2) is 59.3 Å². The molecule has 0 aromatic heterocycles. The fourth-order valence-corrected chi connectivity index (χ4v) is 4.87. The summed E-state index contributed by atoms with van der Waals surface area (Å²) in [6, 6.07) is 18.3. The van der Waals surface area contributed by atoms with Crippen LogP contribution in [0.3, 0.4) is 0 Å². The molecule has 2 saturated heterocycles. The highest BCUT2D eigenvalue weighted by Gasteiger charge is 2.49. The largest absolute Gasteiger partial charge is 0.395 e. The summed E-state index contributed by atoms with van der Waals surface area (Å²) in [5.74, 6) is 6.98. The quantitative estimate of drug-likeness (QED) is 0.718. The van der Waals surface area contributed by atoms with Gasteiger partial charge in [-0.3, -0.25) is 4.90 Å². The maximum absolute atomic E-state index is 13.0. The summed E-state index contributed by atoms with van der Waals surface area (Å²) >= 11 is 0. The summed E-state index contributed by atoms with van der Waals surface area (Å²) in [5.41, 5.74) is 3.04. The van der Waals surface area contributed by atoms with E-state index in [9.17, 15) is 9.90 Å². The molecule has 0 aliphatic carbocycles. The van der Waals surface area contributed by atoms with Crippen LogP contribution >= 0.6 is 0 Å². The Hall–Kier alpha value is -2.81. The molecule has 0 bridgehead atoms. The number of nitrogens with one attached hydrogen (secondary N) is 1. The van der Waals surface area contributed by atoms with Crippen LogP contribution in [-0.2, 0) is 0 Å². The van der Waals surface area contributed by atoms with Gasteiger partial charge in [-0.25, -0.2) is 4.79 Å². The minimum absolute atomic E-state index is 0.0523. The lowest BCUT2D eigenvalue weighted by Gasteiger charge is -2.57. The smallest absolute Gasteiger partial charge is 0.321 e. The van der Waals surface area contributed by atoms with Crippen molar-refractivity contribution in [3.63, 3.8) is 0 Å². The second-order valence-corrected chi connectivity index (χ2v) is 9.08. The Balaban J connectivity index is 1.51. The van der Waals surface area contributed by atoms with E-state index in [0.717, 1.165) is 37.2 Å². The van der Waals surface area contributed by atoms with Crippen molar-refractivity contribution in [3.05, 3.63) is 65.7 Å². The summed E-state index contributed by atoms with van der Waals surface area (Å²) in [5, 5.41) is 13.2. The van der Waals surface area contributed by atoms with Gasteiger partial charge in [0.15, 0.2) is 0 Å². The molecule has 0 radical (unpaired) electrons. The number of nitrogens with zero attached hydrogens (tertiary/aromatic N) is 2. The van der Waals surface area contributed by atoms with E-state index < -0.39 is 0 Å². The third-order valence-electron chi connectivity index (χ3n) is 6.48. The second-order valence-electron chi connectivity index (χ2n) is 9.08. The molecule has 2 amide bonds. The van der Waals surface area contributed by atoms with Crippen LogP contribution in [0.2, 0.25) is 0 Å². The number of hydrogen-bond acceptors (Lipinski definition) is 3. The summed E-state index contributed by atoms with van der Waals surface area (Å²) in [4.78, 5) is 17.3. The van der Waals surface area contributed by atoms with E-state index in [-0.39, 0.29) is 30.6 Å². The first kappa shape index (κ1) is 22.4. The first-order valence-electron chi connectivity index (χ1n) is 11.7. The van der Waals surface area contributed by atoms with Crippen molar-refractivity contribution in [2.75, 3.05) is 31.6 Å². The molecule has 168 valence electrons. The van der Waals surface area contributed by atoms with Crippen molar-refractivity contribution in [2.24, 2.45) is 5.92 Å². The number of benzene rings is 2. The van der Waals surface area contributed by atoms with Gasteiger partial charge < -0.3 is 15.3 Å².